The van der Waals surface area contributed by atoms with Crippen LogP contribution in [-0.4, -0.2) is 47.4 Å². The number of carbonyl (C=O) groups excluding carboxylic acids is 2. The molecule has 0 heterocycles. The molecule has 0 aromatic rings. The van der Waals surface area contributed by atoms with Gasteiger partial charge in [-0.1, -0.05) is 0 Å². The molecular formula is C11H20N2O4. The second-order valence-corrected chi connectivity index (χ2v) is 3.62. The van der Waals surface area contributed by atoms with Gasteiger partial charge in [-0.15, -0.1) is 0 Å². The number of ketones is 1. The monoisotopic (exact) mass is 244 g/mol. The van der Waals surface area contributed by atoms with Crippen LogP contribution in [0.5, 0.6) is 0 Å². The highest BCUT2D eigenvalue weighted by Crippen LogP contribution is 1.96. The molecule has 2 N–H and O–H groups in total. The van der Waals surface area contributed by atoms with Crippen LogP contribution in [-0.2, 0) is 9.59 Å². The fraction of sp³-hybridized carbons (Fsp3) is 0.727. The summed E-state index contributed by atoms with van der Waals surface area (Å²) in [4.78, 5) is 34.6. The third kappa shape index (κ3) is 7.32. The molecule has 0 radical (unpaired) electrons. The van der Waals surface area contributed by atoms with Crippen molar-refractivity contribution >= 4 is 17.8 Å². The standard InChI is InChI=1S/C11H20N2O4/c1-3-13(4-2)11(17)12-8-9(14)6-5-7-10(15)16/h3-8H2,1-2H3,(H,12,17)(H,15,16). The maximum absolute atomic E-state index is 11.5. The van der Waals surface area contributed by atoms with E-state index in [1.54, 1.807) is 4.90 Å². The highest BCUT2D eigenvalue weighted by Gasteiger charge is 2.10. The van der Waals surface area contributed by atoms with Crippen LogP contribution in [0.2, 0.25) is 0 Å². The molecule has 2 amide bonds. The van der Waals surface area contributed by atoms with E-state index >= 15 is 0 Å². The zero-order chi connectivity index (χ0) is 13.3. The summed E-state index contributed by atoms with van der Waals surface area (Å²) < 4.78 is 0. The summed E-state index contributed by atoms with van der Waals surface area (Å²) in [5, 5.41) is 10.9. The first-order chi connectivity index (χ1) is 8.01. The summed E-state index contributed by atoms with van der Waals surface area (Å²) in [6.45, 7) is 4.87. The number of nitrogens with one attached hydrogen (secondary N) is 1. The molecule has 0 unspecified atom stereocenters. The van der Waals surface area contributed by atoms with Crippen molar-refractivity contribution in [2.75, 3.05) is 19.6 Å². The molecule has 0 atom stereocenters. The first-order valence-electron chi connectivity index (χ1n) is 5.77. The van der Waals surface area contributed by atoms with E-state index in [0.717, 1.165) is 0 Å². The normalized spacial score (nSPS) is 9.76. The summed E-state index contributed by atoms with van der Waals surface area (Å²) in [6.07, 6.45) is 0.482. The van der Waals surface area contributed by atoms with E-state index in [-0.39, 0.29) is 31.2 Å². The van der Waals surface area contributed by atoms with Gasteiger partial charge in [-0.05, 0) is 20.3 Å². The Morgan fingerprint density at radius 1 is 1.12 bits per heavy atom. The van der Waals surface area contributed by atoms with Gasteiger partial charge in [-0.3, -0.25) is 9.59 Å². The SMILES string of the molecule is CCN(CC)C(=O)NCC(=O)CCCC(=O)O. The molecule has 0 aromatic carbocycles. The molecule has 6 heteroatoms. The van der Waals surface area contributed by atoms with Gasteiger partial charge in [0.2, 0.25) is 0 Å². The number of Topliss-reactive ketones (excluding diaryl/α,β-unsaturated/α-hetero) is 1. The Morgan fingerprint density at radius 2 is 1.71 bits per heavy atom. The molecule has 0 saturated carbocycles. The third-order valence-corrected chi connectivity index (χ3v) is 2.33. The molecule has 0 spiro atoms. The van der Waals surface area contributed by atoms with Crippen molar-refractivity contribution in [1.29, 1.82) is 0 Å². The van der Waals surface area contributed by atoms with Gasteiger partial charge >= 0.3 is 12.0 Å². The van der Waals surface area contributed by atoms with E-state index in [2.05, 4.69) is 5.32 Å². The highest BCUT2D eigenvalue weighted by atomic mass is 16.4. The Balaban J connectivity index is 3.76. The summed E-state index contributed by atoms with van der Waals surface area (Å²) in [7, 11) is 0. The lowest BCUT2D eigenvalue weighted by molar-refractivity contribution is -0.137. The van der Waals surface area contributed by atoms with Crippen LogP contribution in [0.1, 0.15) is 33.1 Å². The van der Waals surface area contributed by atoms with Gasteiger partial charge in [0.05, 0.1) is 6.54 Å². The van der Waals surface area contributed by atoms with E-state index in [0.29, 0.717) is 19.5 Å². The lowest BCUT2D eigenvalue weighted by Gasteiger charge is -2.18. The van der Waals surface area contributed by atoms with Crippen LogP contribution in [0.15, 0.2) is 0 Å². The van der Waals surface area contributed by atoms with Crippen LogP contribution in [0.3, 0.4) is 0 Å². The van der Waals surface area contributed by atoms with Crippen molar-refractivity contribution in [3.63, 3.8) is 0 Å². The minimum atomic E-state index is -0.912. The average Bonchev–Trinajstić information content (AvgIpc) is 2.27. The number of carboxylic acids is 1. The molecule has 0 rings (SSSR count). The number of hydrogen-bond donors (Lipinski definition) is 2. The van der Waals surface area contributed by atoms with Crippen molar-refractivity contribution in [2.24, 2.45) is 0 Å². The molecule has 0 bridgehead atoms. The molecule has 17 heavy (non-hydrogen) atoms. The second-order valence-electron chi connectivity index (χ2n) is 3.62. The molecule has 0 aliphatic heterocycles. The number of hydrogen-bond acceptors (Lipinski definition) is 3. The van der Waals surface area contributed by atoms with E-state index in [1.807, 2.05) is 13.8 Å². The van der Waals surface area contributed by atoms with Crippen molar-refractivity contribution in [2.45, 2.75) is 33.1 Å². The first-order valence-corrected chi connectivity index (χ1v) is 5.77. The largest absolute Gasteiger partial charge is 0.481 e. The molecule has 98 valence electrons. The number of urea groups is 1. The van der Waals surface area contributed by atoms with Crippen LogP contribution >= 0.6 is 0 Å². The molecular weight excluding hydrogens is 224 g/mol. The second kappa shape index (κ2) is 8.55. The number of aliphatic carboxylic acids is 1. The van der Waals surface area contributed by atoms with Gasteiger partial charge in [0.1, 0.15) is 0 Å². The number of carbonyl (C=O) groups is 3. The third-order valence-electron chi connectivity index (χ3n) is 2.33. The van der Waals surface area contributed by atoms with Gasteiger partial charge in [-0.2, -0.15) is 0 Å². The minimum absolute atomic E-state index is 0.0181. The van der Waals surface area contributed by atoms with Crippen molar-refractivity contribution in [3.8, 4) is 0 Å². The number of amides is 2. The van der Waals surface area contributed by atoms with Gasteiger partial charge < -0.3 is 15.3 Å². The number of carboxylic acid groups (broad SMARTS) is 1. The Hall–Kier alpha value is -1.59. The zero-order valence-electron chi connectivity index (χ0n) is 10.4. The summed E-state index contributed by atoms with van der Waals surface area (Å²) in [5.74, 6) is -1.06. The molecule has 0 aromatic heterocycles. The fourth-order valence-corrected chi connectivity index (χ4v) is 1.32. The van der Waals surface area contributed by atoms with E-state index in [1.165, 1.54) is 0 Å². The number of rotatable bonds is 8. The maximum atomic E-state index is 11.5. The summed E-state index contributed by atoms with van der Waals surface area (Å²) in [6, 6.07) is -0.262. The maximum Gasteiger partial charge on any atom is 0.317 e. The van der Waals surface area contributed by atoms with Gasteiger partial charge in [0.25, 0.3) is 0 Å². The Kier molecular flexibility index (Phi) is 7.75. The van der Waals surface area contributed by atoms with Crippen molar-refractivity contribution in [1.82, 2.24) is 10.2 Å². The first kappa shape index (κ1) is 15.4. The Labute approximate surface area is 101 Å². The van der Waals surface area contributed by atoms with E-state index < -0.39 is 5.97 Å². The Bertz CT molecular complexity index is 275. The predicted octanol–water partition coefficient (Wildman–Crippen LogP) is 0.862. The smallest absolute Gasteiger partial charge is 0.317 e. The number of nitrogens with zero attached hydrogens (tertiary/aromatic N) is 1. The molecule has 0 fully saturated rings. The topological polar surface area (TPSA) is 86.7 Å². The minimum Gasteiger partial charge on any atom is -0.481 e. The van der Waals surface area contributed by atoms with Gasteiger partial charge in [0.15, 0.2) is 5.78 Å². The summed E-state index contributed by atoms with van der Waals surface area (Å²) >= 11 is 0. The lowest BCUT2D eigenvalue weighted by atomic mass is 10.2. The average molecular weight is 244 g/mol. The Morgan fingerprint density at radius 3 is 2.18 bits per heavy atom. The molecule has 0 aliphatic rings. The molecule has 6 nitrogen and oxygen atoms in total. The molecule has 0 saturated heterocycles. The van der Waals surface area contributed by atoms with Crippen LogP contribution < -0.4 is 5.32 Å². The van der Waals surface area contributed by atoms with E-state index in [9.17, 15) is 14.4 Å². The molecule has 0 aliphatic carbocycles. The zero-order valence-corrected chi connectivity index (χ0v) is 10.4. The van der Waals surface area contributed by atoms with Crippen LogP contribution in [0, 0.1) is 0 Å². The van der Waals surface area contributed by atoms with Crippen molar-refractivity contribution in [3.05, 3.63) is 0 Å². The fourth-order valence-electron chi connectivity index (χ4n) is 1.32. The van der Waals surface area contributed by atoms with Crippen LogP contribution in [0.4, 0.5) is 4.79 Å². The summed E-state index contributed by atoms with van der Waals surface area (Å²) in [5.41, 5.74) is 0. The lowest BCUT2D eigenvalue weighted by Crippen LogP contribution is -2.41. The van der Waals surface area contributed by atoms with E-state index in [4.69, 9.17) is 5.11 Å². The quantitative estimate of drug-likeness (QED) is 0.663. The van der Waals surface area contributed by atoms with Gasteiger partial charge in [0, 0.05) is 25.9 Å². The van der Waals surface area contributed by atoms with Gasteiger partial charge in [-0.25, -0.2) is 4.79 Å². The van der Waals surface area contributed by atoms with Crippen molar-refractivity contribution < 1.29 is 19.5 Å². The van der Waals surface area contributed by atoms with Crippen LogP contribution in [0.25, 0.3) is 0 Å². The predicted molar refractivity (Wildman–Crippen MR) is 62.8 cm³/mol. The highest BCUT2D eigenvalue weighted by molar-refractivity contribution is 5.85.